The number of benzene rings is 1. The molecule has 0 saturated heterocycles. The van der Waals surface area contributed by atoms with E-state index in [0.29, 0.717) is 34.0 Å². The maximum Gasteiger partial charge on any atom is 0.324 e. The molecule has 0 atom stereocenters. The fourth-order valence-corrected chi connectivity index (χ4v) is 4.52. The highest BCUT2D eigenvalue weighted by molar-refractivity contribution is 7.92. The molecule has 2 aromatic heterocycles. The summed E-state index contributed by atoms with van der Waals surface area (Å²) < 4.78 is 34.7. The molecule has 1 N–H and O–H groups in total. The van der Waals surface area contributed by atoms with Crippen molar-refractivity contribution in [1.82, 2.24) is 14.5 Å². The number of hydrogen-bond acceptors (Lipinski definition) is 6. The molecular formula is C22H25ClN4O4S. The van der Waals surface area contributed by atoms with Gasteiger partial charge < -0.3 is 9.30 Å². The van der Waals surface area contributed by atoms with E-state index in [2.05, 4.69) is 14.7 Å². The number of aryl methyl sites for hydroxylation is 3. The molecule has 2 heterocycles. The van der Waals surface area contributed by atoms with Gasteiger partial charge in [0.25, 0.3) is 5.56 Å². The quantitative estimate of drug-likeness (QED) is 0.515. The lowest BCUT2D eigenvalue weighted by Gasteiger charge is -2.13. The van der Waals surface area contributed by atoms with E-state index in [-0.39, 0.29) is 23.1 Å². The summed E-state index contributed by atoms with van der Waals surface area (Å²) >= 11 is 6.27. The fourth-order valence-electron chi connectivity index (χ4n) is 3.07. The van der Waals surface area contributed by atoms with Crippen molar-refractivity contribution in [3.05, 3.63) is 63.0 Å². The standard InChI is InChI=1S/C22H25ClN4O4S/c1-5-6-10-32(29,30)26-19-12-18(16-11-15(3)21(28)27(4)13-16)24-22(25-19)31-20-14(2)8-7-9-17(20)23/h7-9,11-13H,5-6,10H2,1-4H3,(H,24,25,26). The summed E-state index contributed by atoms with van der Waals surface area (Å²) in [5.41, 5.74) is 2.17. The van der Waals surface area contributed by atoms with E-state index >= 15 is 0 Å². The summed E-state index contributed by atoms with van der Waals surface area (Å²) in [4.78, 5) is 20.8. The SMILES string of the molecule is CCCCS(=O)(=O)Nc1cc(-c2cc(C)c(=O)n(C)c2)nc(Oc2c(C)cccc2Cl)n1. The molecule has 32 heavy (non-hydrogen) atoms. The molecule has 0 aliphatic heterocycles. The average Bonchev–Trinajstić information content (AvgIpc) is 2.72. The lowest BCUT2D eigenvalue weighted by molar-refractivity contribution is 0.440. The summed E-state index contributed by atoms with van der Waals surface area (Å²) in [6.07, 6.45) is 2.89. The number of nitrogens with zero attached hydrogens (tertiary/aromatic N) is 3. The van der Waals surface area contributed by atoms with Gasteiger partial charge >= 0.3 is 6.01 Å². The Morgan fingerprint density at radius 2 is 1.91 bits per heavy atom. The average molecular weight is 477 g/mol. The van der Waals surface area contributed by atoms with Crippen LogP contribution in [0.25, 0.3) is 11.3 Å². The summed E-state index contributed by atoms with van der Waals surface area (Å²) in [6.45, 7) is 5.44. The number of sulfonamides is 1. The van der Waals surface area contributed by atoms with E-state index in [1.165, 1.54) is 10.6 Å². The van der Waals surface area contributed by atoms with Crippen LogP contribution in [0.4, 0.5) is 5.82 Å². The van der Waals surface area contributed by atoms with Gasteiger partial charge in [0.1, 0.15) is 5.82 Å². The van der Waals surface area contributed by atoms with E-state index < -0.39 is 10.0 Å². The number of rotatable bonds is 8. The highest BCUT2D eigenvalue weighted by Gasteiger charge is 2.17. The zero-order chi connectivity index (χ0) is 23.5. The molecule has 10 heteroatoms. The number of pyridine rings is 1. The van der Waals surface area contributed by atoms with Gasteiger partial charge in [0.15, 0.2) is 5.75 Å². The smallest absolute Gasteiger partial charge is 0.324 e. The molecule has 0 radical (unpaired) electrons. The second-order valence-electron chi connectivity index (χ2n) is 7.51. The van der Waals surface area contributed by atoms with E-state index in [4.69, 9.17) is 16.3 Å². The van der Waals surface area contributed by atoms with E-state index in [0.717, 1.165) is 12.0 Å². The molecule has 1 aromatic carbocycles. The van der Waals surface area contributed by atoms with Gasteiger partial charge in [0.2, 0.25) is 10.0 Å². The van der Waals surface area contributed by atoms with Crippen LogP contribution in [0.2, 0.25) is 5.02 Å². The molecule has 0 fully saturated rings. The topological polar surface area (TPSA) is 103 Å². The molecule has 0 spiro atoms. The Morgan fingerprint density at radius 3 is 2.56 bits per heavy atom. The number of anilines is 1. The van der Waals surface area contributed by atoms with Gasteiger partial charge in [-0.3, -0.25) is 9.52 Å². The van der Waals surface area contributed by atoms with Crippen molar-refractivity contribution < 1.29 is 13.2 Å². The van der Waals surface area contributed by atoms with E-state index in [9.17, 15) is 13.2 Å². The molecule has 0 saturated carbocycles. The maximum absolute atomic E-state index is 12.5. The highest BCUT2D eigenvalue weighted by atomic mass is 35.5. The summed E-state index contributed by atoms with van der Waals surface area (Å²) in [7, 11) is -1.96. The number of hydrogen-bond donors (Lipinski definition) is 1. The van der Waals surface area contributed by atoms with Crippen LogP contribution in [0.3, 0.4) is 0 Å². The van der Waals surface area contributed by atoms with Gasteiger partial charge in [-0.05, 0) is 38.0 Å². The Kier molecular flexibility index (Phi) is 7.20. The van der Waals surface area contributed by atoms with Crippen LogP contribution in [0.15, 0.2) is 41.3 Å². The third-order valence-electron chi connectivity index (χ3n) is 4.75. The number of unbranched alkanes of at least 4 members (excludes halogenated alkanes) is 1. The molecule has 0 aliphatic rings. The van der Waals surface area contributed by atoms with Crippen molar-refractivity contribution in [2.45, 2.75) is 33.6 Å². The van der Waals surface area contributed by atoms with Crippen LogP contribution in [0.1, 0.15) is 30.9 Å². The largest absolute Gasteiger partial charge is 0.422 e. The molecule has 3 rings (SSSR count). The van der Waals surface area contributed by atoms with Gasteiger partial charge in [0, 0.05) is 30.4 Å². The predicted molar refractivity (Wildman–Crippen MR) is 126 cm³/mol. The normalized spacial score (nSPS) is 11.4. The third kappa shape index (κ3) is 5.66. The molecular weight excluding hydrogens is 452 g/mol. The Labute approximate surface area is 192 Å². The van der Waals surface area contributed by atoms with Crippen LogP contribution in [0.5, 0.6) is 11.8 Å². The van der Waals surface area contributed by atoms with Crippen molar-refractivity contribution in [1.29, 1.82) is 0 Å². The van der Waals surface area contributed by atoms with Crippen LogP contribution in [-0.2, 0) is 17.1 Å². The highest BCUT2D eigenvalue weighted by Crippen LogP contribution is 2.32. The predicted octanol–water partition coefficient (Wildman–Crippen LogP) is 4.45. The fraction of sp³-hybridized carbons (Fsp3) is 0.318. The second kappa shape index (κ2) is 9.70. The van der Waals surface area contributed by atoms with Crippen molar-refractivity contribution >= 4 is 27.4 Å². The molecule has 0 amide bonds. The maximum atomic E-state index is 12.5. The zero-order valence-corrected chi connectivity index (χ0v) is 19.9. The second-order valence-corrected chi connectivity index (χ2v) is 9.76. The van der Waals surface area contributed by atoms with Gasteiger partial charge in [0.05, 0.1) is 16.5 Å². The summed E-state index contributed by atoms with van der Waals surface area (Å²) in [6, 6.07) is 8.43. The molecule has 170 valence electrons. The zero-order valence-electron chi connectivity index (χ0n) is 18.3. The minimum Gasteiger partial charge on any atom is -0.422 e. The molecule has 8 nitrogen and oxygen atoms in total. The van der Waals surface area contributed by atoms with Gasteiger partial charge in [-0.2, -0.15) is 9.97 Å². The van der Waals surface area contributed by atoms with E-state index in [1.54, 1.807) is 38.4 Å². The van der Waals surface area contributed by atoms with E-state index in [1.807, 2.05) is 19.9 Å². The minimum atomic E-state index is -3.60. The molecule has 0 bridgehead atoms. The number of aromatic nitrogens is 3. The lowest BCUT2D eigenvalue weighted by atomic mass is 10.1. The van der Waals surface area contributed by atoms with Crippen LogP contribution in [0, 0.1) is 13.8 Å². The summed E-state index contributed by atoms with van der Waals surface area (Å²) in [5, 5.41) is 0.377. The first-order valence-corrected chi connectivity index (χ1v) is 12.1. The first-order valence-electron chi connectivity index (χ1n) is 10.1. The number of halogens is 1. The number of ether oxygens (including phenoxy) is 1. The molecule has 3 aromatic rings. The lowest BCUT2D eigenvalue weighted by Crippen LogP contribution is -2.19. The van der Waals surface area contributed by atoms with Crippen molar-refractivity contribution in [2.24, 2.45) is 7.05 Å². The van der Waals surface area contributed by atoms with Crippen molar-refractivity contribution in [2.75, 3.05) is 10.5 Å². The van der Waals surface area contributed by atoms with Crippen LogP contribution in [-0.4, -0.2) is 28.7 Å². The van der Waals surface area contributed by atoms with Gasteiger partial charge in [-0.15, -0.1) is 0 Å². The van der Waals surface area contributed by atoms with Crippen molar-refractivity contribution in [3.8, 4) is 23.0 Å². The molecule has 0 unspecified atom stereocenters. The van der Waals surface area contributed by atoms with Gasteiger partial charge in [-0.1, -0.05) is 37.1 Å². The minimum absolute atomic E-state index is 0.0262. The van der Waals surface area contributed by atoms with Gasteiger partial charge in [-0.25, -0.2) is 8.42 Å². The Hall–Kier alpha value is -2.91. The Balaban J connectivity index is 2.10. The van der Waals surface area contributed by atoms with Crippen LogP contribution >= 0.6 is 11.6 Å². The third-order valence-corrected chi connectivity index (χ3v) is 6.39. The first-order chi connectivity index (χ1) is 15.1. The van der Waals surface area contributed by atoms with Crippen molar-refractivity contribution in [3.63, 3.8) is 0 Å². The summed E-state index contributed by atoms with van der Waals surface area (Å²) in [5.74, 6) is 0.418. The Bertz CT molecular complexity index is 1260. The Morgan fingerprint density at radius 1 is 1.16 bits per heavy atom. The van der Waals surface area contributed by atoms with Crippen LogP contribution < -0.4 is 15.0 Å². The molecule has 0 aliphatic carbocycles. The monoisotopic (exact) mass is 476 g/mol. The number of para-hydroxylation sites is 1. The number of nitrogens with one attached hydrogen (secondary N) is 1. The first kappa shape index (κ1) is 23.7.